The van der Waals surface area contributed by atoms with Gasteiger partial charge in [-0.1, -0.05) is 12.1 Å². The molecule has 0 bridgehead atoms. The van der Waals surface area contributed by atoms with E-state index in [2.05, 4.69) is 52.8 Å². The maximum Gasteiger partial charge on any atom is 0.254 e. The molecule has 2 aliphatic heterocycles. The number of carbonyl (C=O) groups is 1. The number of imidazole rings is 1. The van der Waals surface area contributed by atoms with E-state index < -0.39 is 5.95 Å². The molecule has 0 aliphatic carbocycles. The molecule has 38 heavy (non-hydrogen) atoms. The molecule has 9 nitrogen and oxygen atoms in total. The van der Waals surface area contributed by atoms with Crippen molar-refractivity contribution in [1.29, 1.82) is 0 Å². The molecular weight excluding hydrogens is 485 g/mol. The number of halogens is 1. The Morgan fingerprint density at radius 1 is 1.18 bits per heavy atom. The predicted octanol–water partition coefficient (Wildman–Crippen LogP) is 4.31. The molecule has 3 N–H and O–H groups in total. The van der Waals surface area contributed by atoms with Gasteiger partial charge in [0.2, 0.25) is 11.7 Å². The van der Waals surface area contributed by atoms with Crippen LogP contribution in [0.2, 0.25) is 0 Å². The van der Waals surface area contributed by atoms with Gasteiger partial charge in [-0.3, -0.25) is 9.20 Å². The first-order chi connectivity index (χ1) is 18.3. The largest absolute Gasteiger partial charge is 0.381 e. The molecule has 1 saturated heterocycles. The van der Waals surface area contributed by atoms with Crippen LogP contribution in [0.4, 0.5) is 15.9 Å². The number of pyridine rings is 1. The third kappa shape index (κ3) is 4.61. The fraction of sp³-hybridized carbons (Fsp3) is 0.357. The molecule has 1 amide bonds. The lowest BCUT2D eigenvalue weighted by atomic mass is 9.96. The molecule has 3 aromatic heterocycles. The van der Waals surface area contributed by atoms with Crippen LogP contribution in [0.3, 0.4) is 0 Å². The van der Waals surface area contributed by atoms with E-state index in [0.717, 1.165) is 35.5 Å². The Bertz CT molecular complexity index is 1540. The zero-order valence-corrected chi connectivity index (χ0v) is 21.6. The number of hydrogen-bond acceptors (Lipinski definition) is 7. The van der Waals surface area contributed by atoms with E-state index in [1.807, 2.05) is 18.2 Å². The second-order valence-corrected chi connectivity index (χ2v) is 10.8. The van der Waals surface area contributed by atoms with Gasteiger partial charge in [0.15, 0.2) is 0 Å². The Hall–Kier alpha value is -3.89. The van der Waals surface area contributed by atoms with Crippen molar-refractivity contribution in [2.45, 2.75) is 51.7 Å². The summed E-state index contributed by atoms with van der Waals surface area (Å²) < 4.78 is 20.9. The highest BCUT2D eigenvalue weighted by atomic mass is 19.1. The van der Waals surface area contributed by atoms with E-state index in [9.17, 15) is 9.18 Å². The fourth-order valence-electron chi connectivity index (χ4n) is 5.10. The van der Waals surface area contributed by atoms with Crippen LogP contribution in [0, 0.1) is 5.95 Å². The summed E-state index contributed by atoms with van der Waals surface area (Å²) in [5, 5.41) is 9.88. The number of nitrogens with zero attached hydrogens (tertiary/aromatic N) is 4. The number of amides is 1. The third-order valence-corrected chi connectivity index (χ3v) is 7.01. The van der Waals surface area contributed by atoms with Crippen molar-refractivity contribution in [3.8, 4) is 11.3 Å². The summed E-state index contributed by atoms with van der Waals surface area (Å²) in [6.07, 6.45) is 4.23. The van der Waals surface area contributed by atoms with Gasteiger partial charge in [0.25, 0.3) is 5.91 Å². The van der Waals surface area contributed by atoms with Gasteiger partial charge >= 0.3 is 0 Å². The molecule has 1 fully saturated rings. The number of rotatable bonds is 6. The maximum absolute atomic E-state index is 13.6. The molecule has 0 saturated carbocycles. The third-order valence-electron chi connectivity index (χ3n) is 7.01. The van der Waals surface area contributed by atoms with Crippen LogP contribution in [0.1, 0.15) is 60.3 Å². The van der Waals surface area contributed by atoms with Gasteiger partial charge in [0.05, 0.1) is 35.4 Å². The number of fused-ring (bicyclic) bond motifs is 2. The molecule has 1 aromatic carbocycles. The number of nitrogens with one attached hydrogen (secondary N) is 3. The zero-order chi connectivity index (χ0) is 26.4. The molecule has 1 atom stereocenters. The molecule has 0 spiro atoms. The highest BCUT2D eigenvalue weighted by Gasteiger charge is 2.28. The smallest absolute Gasteiger partial charge is 0.254 e. The van der Waals surface area contributed by atoms with Crippen molar-refractivity contribution >= 4 is 23.2 Å². The Kier molecular flexibility index (Phi) is 6.08. The van der Waals surface area contributed by atoms with Gasteiger partial charge in [-0.15, -0.1) is 0 Å². The number of ether oxygens (including phenoxy) is 1. The first-order valence-electron chi connectivity index (χ1n) is 12.8. The molecule has 6 rings (SSSR count). The lowest BCUT2D eigenvalue weighted by Gasteiger charge is -2.23. The summed E-state index contributed by atoms with van der Waals surface area (Å²) in [5.74, 6) is 0.518. The number of aromatic nitrogens is 4. The minimum atomic E-state index is -0.590. The van der Waals surface area contributed by atoms with Gasteiger partial charge in [-0.05, 0) is 50.5 Å². The monoisotopic (exact) mass is 515 g/mol. The van der Waals surface area contributed by atoms with Gasteiger partial charge in [-0.25, -0.2) is 9.97 Å². The first kappa shape index (κ1) is 24.4. The fourth-order valence-corrected chi connectivity index (χ4v) is 5.10. The van der Waals surface area contributed by atoms with Gasteiger partial charge in [-0.2, -0.15) is 9.37 Å². The number of hydrogen-bond donors (Lipinski definition) is 3. The van der Waals surface area contributed by atoms with E-state index >= 15 is 0 Å². The Labute approximate surface area is 219 Å². The summed E-state index contributed by atoms with van der Waals surface area (Å²) in [7, 11) is 0. The van der Waals surface area contributed by atoms with Crippen LogP contribution in [0.15, 0.2) is 42.7 Å². The van der Waals surface area contributed by atoms with Gasteiger partial charge < -0.3 is 20.7 Å². The summed E-state index contributed by atoms with van der Waals surface area (Å²) in [5.41, 5.74) is 5.79. The van der Waals surface area contributed by atoms with Crippen molar-refractivity contribution in [3.63, 3.8) is 0 Å². The lowest BCUT2D eigenvalue weighted by Crippen LogP contribution is -2.35. The Morgan fingerprint density at radius 3 is 2.84 bits per heavy atom. The van der Waals surface area contributed by atoms with Crippen molar-refractivity contribution in [1.82, 2.24) is 30.0 Å². The zero-order valence-electron chi connectivity index (χ0n) is 21.6. The highest BCUT2D eigenvalue weighted by molar-refractivity contribution is 6.06. The highest BCUT2D eigenvalue weighted by Crippen LogP contribution is 2.36. The number of benzene rings is 1. The van der Waals surface area contributed by atoms with E-state index in [0.29, 0.717) is 42.7 Å². The minimum Gasteiger partial charge on any atom is -0.381 e. The molecular formula is C28H30FN7O2. The van der Waals surface area contributed by atoms with E-state index in [4.69, 9.17) is 9.72 Å². The maximum atomic E-state index is 13.6. The average Bonchev–Trinajstić information content (AvgIpc) is 3.63. The Morgan fingerprint density at radius 2 is 2.05 bits per heavy atom. The number of carbonyl (C=O) groups excluding carboxylic acids is 1. The summed E-state index contributed by atoms with van der Waals surface area (Å²) in [6.45, 7) is 8.88. The van der Waals surface area contributed by atoms with Crippen LogP contribution in [-0.2, 0) is 17.8 Å². The summed E-state index contributed by atoms with van der Waals surface area (Å²) in [4.78, 5) is 26.0. The topological polar surface area (TPSA) is 105 Å². The van der Waals surface area contributed by atoms with Crippen LogP contribution >= 0.6 is 0 Å². The standard InChI is InChI=1S/C28H30FN7O2/c1-28(2,3)32-13-21-17(16-9-11-38-15-16)5-7-24(34-21)33-20-6-4-18(19-12-30-26(37)25(19)20)22-14-31-27-35-23(29)8-10-36(22)27/h4-8,10,14,16,32H,9,11-13,15H2,1-3H3,(H,30,37)(H,33,34). The van der Waals surface area contributed by atoms with Gasteiger partial charge in [0.1, 0.15) is 5.82 Å². The molecule has 5 heterocycles. The second-order valence-electron chi connectivity index (χ2n) is 10.8. The first-order valence-corrected chi connectivity index (χ1v) is 12.8. The van der Waals surface area contributed by atoms with Crippen LogP contribution < -0.4 is 16.0 Å². The molecule has 196 valence electrons. The second kappa shape index (κ2) is 9.45. The van der Waals surface area contributed by atoms with Gasteiger partial charge in [0, 0.05) is 49.0 Å². The molecule has 1 unspecified atom stereocenters. The van der Waals surface area contributed by atoms with E-state index in [1.165, 1.54) is 11.6 Å². The lowest BCUT2D eigenvalue weighted by molar-refractivity contribution is 0.0966. The normalized spacial score (nSPS) is 17.2. The van der Waals surface area contributed by atoms with Crippen molar-refractivity contribution < 1.29 is 13.9 Å². The van der Waals surface area contributed by atoms with Crippen LogP contribution in [0.5, 0.6) is 0 Å². The summed E-state index contributed by atoms with van der Waals surface area (Å²) in [6, 6.07) is 9.19. The Balaban J connectivity index is 1.36. The number of anilines is 2. The van der Waals surface area contributed by atoms with Crippen LogP contribution in [-0.4, -0.2) is 44.0 Å². The molecule has 10 heteroatoms. The van der Waals surface area contributed by atoms with Crippen molar-refractivity contribution in [3.05, 3.63) is 71.1 Å². The molecule has 0 radical (unpaired) electrons. The molecule has 4 aromatic rings. The SMILES string of the molecule is CC(C)(C)NCc1nc(Nc2ccc(-c3cnc4nc(F)ccn34)c3c2C(=O)NC3)ccc1C1CCOC1. The van der Waals surface area contributed by atoms with E-state index in [-0.39, 0.29) is 17.2 Å². The van der Waals surface area contributed by atoms with Crippen molar-refractivity contribution in [2.75, 3.05) is 18.5 Å². The van der Waals surface area contributed by atoms with Crippen molar-refractivity contribution in [2.24, 2.45) is 0 Å². The quantitative estimate of drug-likeness (QED) is 0.329. The average molecular weight is 516 g/mol. The van der Waals surface area contributed by atoms with E-state index in [1.54, 1.807) is 16.8 Å². The predicted molar refractivity (Wildman–Crippen MR) is 142 cm³/mol. The molecule has 2 aliphatic rings. The summed E-state index contributed by atoms with van der Waals surface area (Å²) >= 11 is 0. The van der Waals surface area contributed by atoms with Crippen LogP contribution in [0.25, 0.3) is 17.0 Å². The minimum absolute atomic E-state index is 0.0531.